The van der Waals surface area contributed by atoms with E-state index in [1.54, 1.807) is 16.3 Å². The third-order valence-corrected chi connectivity index (χ3v) is 4.54. The number of nitrogens with zero attached hydrogens (tertiary/aromatic N) is 5. The molecule has 1 saturated heterocycles. The molecule has 110 valence electrons. The number of carbonyl (C=O) groups excluding carboxylic acids is 1. The quantitative estimate of drug-likeness (QED) is 0.887. The van der Waals surface area contributed by atoms with Crippen LogP contribution in [-0.2, 0) is 4.79 Å². The third-order valence-electron chi connectivity index (χ3n) is 3.65. The maximum absolute atomic E-state index is 12.6. The molecule has 0 saturated carbocycles. The molecule has 0 aliphatic carbocycles. The first-order valence-corrected chi connectivity index (χ1v) is 7.29. The summed E-state index contributed by atoms with van der Waals surface area (Å²) < 4.78 is 1.43. The Morgan fingerprint density at radius 3 is 2.86 bits per heavy atom. The second-order valence-corrected chi connectivity index (χ2v) is 5.94. The molecule has 0 radical (unpaired) electrons. The van der Waals surface area contributed by atoms with Crippen molar-refractivity contribution in [3.8, 4) is 5.69 Å². The lowest BCUT2D eigenvalue weighted by Crippen LogP contribution is -2.30. The second kappa shape index (κ2) is 5.24. The lowest BCUT2D eigenvalue weighted by atomic mass is 9.99. The molecular weight excluding hydrogens is 294 g/mol. The van der Waals surface area contributed by atoms with Crippen LogP contribution < -0.4 is 0 Å². The van der Waals surface area contributed by atoms with Crippen LogP contribution in [0.15, 0.2) is 17.8 Å². The Bertz CT molecular complexity index is 668. The average molecular weight is 307 g/mol. The largest absolute Gasteiger partial charge is 0.481 e. The van der Waals surface area contributed by atoms with E-state index in [-0.39, 0.29) is 18.4 Å². The molecule has 2 aromatic rings. The van der Waals surface area contributed by atoms with Gasteiger partial charge in [0.2, 0.25) is 0 Å². The Morgan fingerprint density at radius 2 is 2.24 bits per heavy atom. The number of rotatable bonds is 3. The van der Waals surface area contributed by atoms with Crippen molar-refractivity contribution in [2.24, 2.45) is 11.8 Å². The molecule has 0 unspecified atom stereocenters. The van der Waals surface area contributed by atoms with Gasteiger partial charge in [0.25, 0.3) is 5.91 Å². The number of likely N-dealkylation sites (tertiary alicyclic amines) is 1. The highest BCUT2D eigenvalue weighted by atomic mass is 32.1. The van der Waals surface area contributed by atoms with E-state index in [9.17, 15) is 9.59 Å². The summed E-state index contributed by atoms with van der Waals surface area (Å²) in [7, 11) is 0. The van der Waals surface area contributed by atoms with Gasteiger partial charge in [-0.2, -0.15) is 4.68 Å². The Labute approximate surface area is 124 Å². The summed E-state index contributed by atoms with van der Waals surface area (Å²) >= 11 is 1.30. The highest BCUT2D eigenvalue weighted by Gasteiger charge is 2.38. The van der Waals surface area contributed by atoms with E-state index in [4.69, 9.17) is 5.11 Å². The van der Waals surface area contributed by atoms with Crippen molar-refractivity contribution in [3.63, 3.8) is 0 Å². The smallest absolute Gasteiger partial charge is 0.308 e. The van der Waals surface area contributed by atoms with Gasteiger partial charge in [0.15, 0.2) is 0 Å². The molecule has 1 aliphatic heterocycles. The van der Waals surface area contributed by atoms with Crippen LogP contribution in [0.4, 0.5) is 0 Å². The standard InChI is InChI=1S/C12H13N5O3S/c1-7-4-16(5-8(7)12(19)20)11(18)10-9(2-3-21-10)17-6-13-14-15-17/h2-3,6-8H,4-5H2,1H3,(H,19,20)/t7-,8-/m1/s1. The molecule has 0 bridgehead atoms. The maximum Gasteiger partial charge on any atom is 0.308 e. The first-order chi connectivity index (χ1) is 10.1. The van der Waals surface area contributed by atoms with Crippen LogP contribution in [-0.4, -0.2) is 55.2 Å². The Morgan fingerprint density at radius 1 is 1.43 bits per heavy atom. The van der Waals surface area contributed by atoms with Crippen molar-refractivity contribution in [3.05, 3.63) is 22.7 Å². The molecule has 3 heterocycles. The zero-order valence-electron chi connectivity index (χ0n) is 11.2. The fourth-order valence-corrected chi connectivity index (χ4v) is 3.36. The molecule has 2 aromatic heterocycles. The van der Waals surface area contributed by atoms with E-state index in [1.807, 2.05) is 6.92 Å². The number of thiophene rings is 1. The molecule has 9 heteroatoms. The first kappa shape index (κ1) is 13.7. The van der Waals surface area contributed by atoms with Crippen LogP contribution in [0.5, 0.6) is 0 Å². The number of hydrogen-bond donors (Lipinski definition) is 1. The number of tetrazole rings is 1. The molecule has 3 rings (SSSR count). The minimum absolute atomic E-state index is 0.0529. The van der Waals surface area contributed by atoms with E-state index in [0.29, 0.717) is 17.1 Å². The SMILES string of the molecule is C[C@@H]1CN(C(=O)c2sccc2-n2cnnn2)C[C@H]1C(=O)O. The first-order valence-electron chi connectivity index (χ1n) is 6.41. The maximum atomic E-state index is 12.6. The Hall–Kier alpha value is -2.29. The molecule has 2 atom stereocenters. The van der Waals surface area contributed by atoms with Gasteiger partial charge in [-0.3, -0.25) is 9.59 Å². The summed E-state index contributed by atoms with van der Waals surface area (Å²) in [4.78, 5) is 25.9. The zero-order valence-corrected chi connectivity index (χ0v) is 12.0. The zero-order chi connectivity index (χ0) is 15.0. The van der Waals surface area contributed by atoms with Crippen LogP contribution >= 0.6 is 11.3 Å². The lowest BCUT2D eigenvalue weighted by molar-refractivity contribution is -0.142. The van der Waals surface area contributed by atoms with Gasteiger partial charge in [-0.05, 0) is 27.8 Å². The monoisotopic (exact) mass is 307 g/mol. The van der Waals surface area contributed by atoms with Gasteiger partial charge in [0, 0.05) is 13.1 Å². The summed E-state index contributed by atoms with van der Waals surface area (Å²) in [6.07, 6.45) is 1.42. The van der Waals surface area contributed by atoms with E-state index in [0.717, 1.165) is 0 Å². The van der Waals surface area contributed by atoms with Gasteiger partial charge in [0.05, 0.1) is 11.6 Å². The van der Waals surface area contributed by atoms with Crippen LogP contribution in [0.1, 0.15) is 16.6 Å². The molecule has 1 amide bonds. The van der Waals surface area contributed by atoms with Crippen molar-refractivity contribution in [1.29, 1.82) is 0 Å². The lowest BCUT2D eigenvalue weighted by Gasteiger charge is -2.15. The van der Waals surface area contributed by atoms with Crippen LogP contribution in [0, 0.1) is 11.8 Å². The number of carboxylic acids is 1. The molecular formula is C12H13N5O3S. The fourth-order valence-electron chi connectivity index (χ4n) is 2.51. The summed E-state index contributed by atoms with van der Waals surface area (Å²) in [5.74, 6) is -1.59. The number of carboxylic acid groups (broad SMARTS) is 1. The third kappa shape index (κ3) is 2.40. The van der Waals surface area contributed by atoms with E-state index in [1.165, 1.54) is 22.3 Å². The number of aliphatic carboxylic acids is 1. The predicted molar refractivity (Wildman–Crippen MR) is 73.2 cm³/mol. The summed E-state index contributed by atoms with van der Waals surface area (Å²) in [5.41, 5.74) is 0.612. The van der Waals surface area contributed by atoms with Gasteiger partial charge in [-0.25, -0.2) is 0 Å². The minimum Gasteiger partial charge on any atom is -0.481 e. The van der Waals surface area contributed by atoms with E-state index in [2.05, 4.69) is 15.5 Å². The molecule has 8 nitrogen and oxygen atoms in total. The Kier molecular flexibility index (Phi) is 3.42. The van der Waals surface area contributed by atoms with Gasteiger partial charge >= 0.3 is 5.97 Å². The fraction of sp³-hybridized carbons (Fsp3) is 0.417. The van der Waals surface area contributed by atoms with Crippen molar-refractivity contribution >= 4 is 23.2 Å². The molecule has 0 spiro atoms. The van der Waals surface area contributed by atoms with Crippen LogP contribution in [0.3, 0.4) is 0 Å². The number of hydrogen-bond acceptors (Lipinski definition) is 6. The van der Waals surface area contributed by atoms with Gasteiger partial charge < -0.3 is 10.0 Å². The second-order valence-electron chi connectivity index (χ2n) is 5.02. The molecule has 1 N–H and O–H groups in total. The molecule has 21 heavy (non-hydrogen) atoms. The minimum atomic E-state index is -0.857. The van der Waals surface area contributed by atoms with Crippen molar-refractivity contribution in [1.82, 2.24) is 25.1 Å². The number of aromatic nitrogens is 4. The van der Waals surface area contributed by atoms with Crippen LogP contribution in [0.2, 0.25) is 0 Å². The van der Waals surface area contributed by atoms with Crippen molar-refractivity contribution < 1.29 is 14.7 Å². The van der Waals surface area contributed by atoms with Gasteiger partial charge in [-0.15, -0.1) is 16.4 Å². The summed E-state index contributed by atoms with van der Waals surface area (Å²) in [6, 6.07) is 1.77. The molecule has 1 fully saturated rings. The van der Waals surface area contributed by atoms with Crippen LogP contribution in [0.25, 0.3) is 5.69 Å². The van der Waals surface area contributed by atoms with E-state index < -0.39 is 11.9 Å². The van der Waals surface area contributed by atoms with Gasteiger partial charge in [0.1, 0.15) is 11.2 Å². The summed E-state index contributed by atoms with van der Waals surface area (Å²) in [5, 5.41) is 21.8. The highest BCUT2D eigenvalue weighted by molar-refractivity contribution is 7.12. The number of amides is 1. The number of carbonyl (C=O) groups is 2. The Balaban J connectivity index is 1.84. The van der Waals surface area contributed by atoms with E-state index >= 15 is 0 Å². The molecule has 1 aliphatic rings. The predicted octanol–water partition coefficient (Wildman–Crippen LogP) is 0.517. The van der Waals surface area contributed by atoms with Crippen molar-refractivity contribution in [2.75, 3.05) is 13.1 Å². The topological polar surface area (TPSA) is 101 Å². The summed E-state index contributed by atoms with van der Waals surface area (Å²) in [6.45, 7) is 2.54. The normalized spacial score (nSPS) is 21.7. The average Bonchev–Trinajstić information content (AvgIpc) is 3.17. The van der Waals surface area contributed by atoms with Gasteiger partial charge in [-0.1, -0.05) is 6.92 Å². The highest BCUT2D eigenvalue weighted by Crippen LogP contribution is 2.28. The van der Waals surface area contributed by atoms with Crippen molar-refractivity contribution in [2.45, 2.75) is 6.92 Å². The molecule has 0 aromatic carbocycles.